The van der Waals surface area contributed by atoms with E-state index < -0.39 is 0 Å². The molecule has 0 saturated carbocycles. The Morgan fingerprint density at radius 1 is 1.45 bits per heavy atom. The van der Waals surface area contributed by atoms with Crippen molar-refractivity contribution in [1.29, 1.82) is 0 Å². The first kappa shape index (κ1) is 13.3. The van der Waals surface area contributed by atoms with E-state index in [-0.39, 0.29) is 11.9 Å². The largest absolute Gasteiger partial charge is 0.337 e. The zero-order valence-electron chi connectivity index (χ0n) is 11.3. The Bertz CT molecular complexity index is 659. The molecule has 1 N–H and O–H groups in total. The lowest BCUT2D eigenvalue weighted by Gasteiger charge is -2.17. The van der Waals surface area contributed by atoms with Crippen molar-refractivity contribution in [1.82, 2.24) is 15.2 Å². The van der Waals surface area contributed by atoms with E-state index in [2.05, 4.69) is 10.3 Å². The minimum atomic E-state index is -0.0410. The Kier molecular flexibility index (Phi) is 3.59. The summed E-state index contributed by atoms with van der Waals surface area (Å²) in [6.45, 7) is 1.42. The topological polar surface area (TPSA) is 45.2 Å². The molecule has 1 saturated heterocycles. The van der Waals surface area contributed by atoms with Crippen molar-refractivity contribution < 1.29 is 4.79 Å². The number of benzene rings is 1. The molecule has 5 heteroatoms. The first-order chi connectivity index (χ1) is 9.69. The second-order valence-electron chi connectivity index (χ2n) is 5.05. The highest BCUT2D eigenvalue weighted by Crippen LogP contribution is 2.23. The molecule has 1 fully saturated rings. The van der Waals surface area contributed by atoms with Gasteiger partial charge in [0.2, 0.25) is 5.91 Å². The van der Waals surface area contributed by atoms with Gasteiger partial charge < -0.3 is 10.2 Å². The van der Waals surface area contributed by atoms with Crippen LogP contribution in [0.15, 0.2) is 30.5 Å². The average Bonchev–Trinajstić information content (AvgIpc) is 2.80. The van der Waals surface area contributed by atoms with Crippen LogP contribution >= 0.6 is 11.6 Å². The van der Waals surface area contributed by atoms with Crippen molar-refractivity contribution in [2.75, 3.05) is 13.6 Å². The van der Waals surface area contributed by atoms with Gasteiger partial charge in [0, 0.05) is 24.7 Å². The van der Waals surface area contributed by atoms with Gasteiger partial charge in [0.25, 0.3) is 0 Å². The molecule has 3 rings (SSSR count). The highest BCUT2D eigenvalue weighted by Gasteiger charge is 2.29. The average molecular weight is 290 g/mol. The lowest BCUT2D eigenvalue weighted by molar-refractivity contribution is -0.129. The number of nitrogens with zero attached hydrogens (tertiary/aromatic N) is 2. The van der Waals surface area contributed by atoms with E-state index in [0.29, 0.717) is 11.7 Å². The van der Waals surface area contributed by atoms with Crippen molar-refractivity contribution in [2.24, 2.45) is 0 Å². The fraction of sp³-hybridized carbons (Fsp3) is 0.333. The first-order valence-electron chi connectivity index (χ1n) is 6.68. The van der Waals surface area contributed by atoms with Gasteiger partial charge in [-0.05, 0) is 36.6 Å². The van der Waals surface area contributed by atoms with Gasteiger partial charge in [-0.3, -0.25) is 4.79 Å². The van der Waals surface area contributed by atoms with Crippen LogP contribution in [0.4, 0.5) is 0 Å². The number of pyridine rings is 1. The zero-order chi connectivity index (χ0) is 14.1. The number of likely N-dealkylation sites (tertiary alicyclic amines) is 1. The standard InChI is InChI=1S/C15H16ClN3O/c1-17-13-5-7-19(15(13)20)9-10-2-3-11-4-6-18-14(16)12(11)8-10/h2-4,6,8,13,17H,5,7,9H2,1H3/t13-/m0/s1. The number of aromatic nitrogens is 1. The van der Waals surface area contributed by atoms with Gasteiger partial charge >= 0.3 is 0 Å². The van der Waals surface area contributed by atoms with Crippen molar-refractivity contribution >= 4 is 28.3 Å². The SMILES string of the molecule is CN[C@H]1CCN(Cc2ccc3ccnc(Cl)c3c2)C1=O. The van der Waals surface area contributed by atoms with Crippen LogP contribution in [-0.4, -0.2) is 35.4 Å². The zero-order valence-corrected chi connectivity index (χ0v) is 12.0. The van der Waals surface area contributed by atoms with Crippen molar-refractivity contribution in [2.45, 2.75) is 19.0 Å². The van der Waals surface area contributed by atoms with Crippen LogP contribution in [0.5, 0.6) is 0 Å². The highest BCUT2D eigenvalue weighted by molar-refractivity contribution is 6.34. The molecular formula is C15H16ClN3O. The maximum atomic E-state index is 12.1. The second-order valence-corrected chi connectivity index (χ2v) is 5.40. The van der Waals surface area contributed by atoms with E-state index >= 15 is 0 Å². The molecule has 20 heavy (non-hydrogen) atoms. The molecule has 1 aromatic carbocycles. The summed E-state index contributed by atoms with van der Waals surface area (Å²) in [6, 6.07) is 7.97. The number of fused-ring (bicyclic) bond motifs is 1. The molecule has 4 nitrogen and oxygen atoms in total. The molecule has 104 valence electrons. The maximum absolute atomic E-state index is 12.1. The molecule has 2 heterocycles. The molecular weight excluding hydrogens is 274 g/mol. The number of halogens is 1. The fourth-order valence-electron chi connectivity index (χ4n) is 2.66. The summed E-state index contributed by atoms with van der Waals surface area (Å²) in [6.07, 6.45) is 2.57. The third-order valence-corrected chi connectivity index (χ3v) is 4.10. The third-order valence-electron chi connectivity index (χ3n) is 3.80. The molecule has 0 radical (unpaired) electrons. The van der Waals surface area contributed by atoms with Crippen LogP contribution in [0.1, 0.15) is 12.0 Å². The normalized spacial score (nSPS) is 19.0. The minimum Gasteiger partial charge on any atom is -0.337 e. The molecule has 2 aromatic rings. The van der Waals surface area contributed by atoms with E-state index in [9.17, 15) is 4.79 Å². The lowest BCUT2D eigenvalue weighted by Crippen LogP contribution is -2.35. The highest BCUT2D eigenvalue weighted by atomic mass is 35.5. The summed E-state index contributed by atoms with van der Waals surface area (Å²) in [5.41, 5.74) is 1.08. The Morgan fingerprint density at radius 2 is 2.30 bits per heavy atom. The minimum absolute atomic E-state index is 0.0410. The van der Waals surface area contributed by atoms with Crippen molar-refractivity contribution in [3.63, 3.8) is 0 Å². The van der Waals surface area contributed by atoms with E-state index in [0.717, 1.165) is 29.3 Å². The molecule has 0 spiro atoms. The molecule has 1 aliphatic rings. The summed E-state index contributed by atoms with van der Waals surface area (Å²) in [5, 5.41) is 5.55. The number of amides is 1. The van der Waals surface area contributed by atoms with Crippen LogP contribution in [0.3, 0.4) is 0 Å². The quantitative estimate of drug-likeness (QED) is 0.881. The van der Waals surface area contributed by atoms with Crippen LogP contribution in [0.2, 0.25) is 5.15 Å². The van der Waals surface area contributed by atoms with Crippen LogP contribution in [0, 0.1) is 0 Å². The van der Waals surface area contributed by atoms with Crippen LogP contribution in [0.25, 0.3) is 10.8 Å². The van der Waals surface area contributed by atoms with E-state index in [4.69, 9.17) is 11.6 Å². The van der Waals surface area contributed by atoms with Crippen LogP contribution in [-0.2, 0) is 11.3 Å². The van der Waals surface area contributed by atoms with Gasteiger partial charge in [0.15, 0.2) is 0 Å². The smallest absolute Gasteiger partial charge is 0.240 e. The number of hydrogen-bond donors (Lipinski definition) is 1. The van der Waals surface area contributed by atoms with Crippen molar-refractivity contribution in [3.8, 4) is 0 Å². The summed E-state index contributed by atoms with van der Waals surface area (Å²) in [5.74, 6) is 0.171. The Balaban J connectivity index is 1.85. The first-order valence-corrected chi connectivity index (χ1v) is 7.06. The predicted octanol–water partition coefficient (Wildman–Crippen LogP) is 2.21. The fourth-order valence-corrected chi connectivity index (χ4v) is 2.88. The number of likely N-dealkylation sites (N-methyl/N-ethyl adjacent to an activating group) is 1. The second kappa shape index (κ2) is 5.38. The molecule has 1 aromatic heterocycles. The number of nitrogens with one attached hydrogen (secondary N) is 1. The predicted molar refractivity (Wildman–Crippen MR) is 79.6 cm³/mol. The molecule has 0 unspecified atom stereocenters. The van der Waals surface area contributed by atoms with Gasteiger partial charge in [-0.1, -0.05) is 23.7 Å². The van der Waals surface area contributed by atoms with E-state index in [1.807, 2.05) is 36.2 Å². The lowest BCUT2D eigenvalue weighted by atomic mass is 10.1. The maximum Gasteiger partial charge on any atom is 0.240 e. The van der Waals surface area contributed by atoms with Gasteiger partial charge in [0.1, 0.15) is 5.15 Å². The van der Waals surface area contributed by atoms with Gasteiger partial charge in [-0.2, -0.15) is 0 Å². The molecule has 0 bridgehead atoms. The Labute approximate surface area is 122 Å². The van der Waals surface area contributed by atoms with E-state index in [1.165, 1.54) is 0 Å². The summed E-state index contributed by atoms with van der Waals surface area (Å²) >= 11 is 6.12. The third kappa shape index (κ3) is 2.37. The Morgan fingerprint density at radius 3 is 3.05 bits per heavy atom. The van der Waals surface area contributed by atoms with Crippen LogP contribution < -0.4 is 5.32 Å². The Hall–Kier alpha value is -1.65. The molecule has 1 aliphatic heterocycles. The summed E-state index contributed by atoms with van der Waals surface area (Å²) in [7, 11) is 1.83. The molecule has 0 aliphatic carbocycles. The van der Waals surface area contributed by atoms with Gasteiger partial charge in [-0.25, -0.2) is 4.98 Å². The summed E-state index contributed by atoms with van der Waals surface area (Å²) in [4.78, 5) is 18.1. The monoisotopic (exact) mass is 289 g/mol. The van der Waals surface area contributed by atoms with Gasteiger partial charge in [-0.15, -0.1) is 0 Å². The number of rotatable bonds is 3. The number of carbonyl (C=O) groups is 1. The van der Waals surface area contributed by atoms with E-state index in [1.54, 1.807) is 6.20 Å². The van der Waals surface area contributed by atoms with Gasteiger partial charge in [0.05, 0.1) is 6.04 Å². The molecule has 1 amide bonds. The summed E-state index contributed by atoms with van der Waals surface area (Å²) < 4.78 is 0. The molecule has 1 atom stereocenters. The number of carbonyl (C=O) groups excluding carboxylic acids is 1. The number of hydrogen-bond acceptors (Lipinski definition) is 3. The van der Waals surface area contributed by atoms with Crippen molar-refractivity contribution in [3.05, 3.63) is 41.2 Å².